The van der Waals surface area contributed by atoms with Gasteiger partial charge in [-0.2, -0.15) is 0 Å². The quantitative estimate of drug-likeness (QED) is 0.808. The van der Waals surface area contributed by atoms with E-state index >= 15 is 0 Å². The molecule has 1 aromatic carbocycles. The lowest BCUT2D eigenvalue weighted by molar-refractivity contribution is 0.163. The zero-order valence-electron chi connectivity index (χ0n) is 9.64. The van der Waals surface area contributed by atoms with Crippen molar-refractivity contribution in [2.45, 2.75) is 26.5 Å². The fourth-order valence-corrected chi connectivity index (χ4v) is 1.76. The van der Waals surface area contributed by atoms with Crippen molar-refractivity contribution >= 4 is 11.0 Å². The molecular formula is C12H17N3O. The number of benzene rings is 1. The lowest BCUT2D eigenvalue weighted by Crippen LogP contribution is -2.24. The molecule has 0 amide bonds. The van der Waals surface area contributed by atoms with Gasteiger partial charge in [0.25, 0.3) is 0 Å². The third-order valence-electron chi connectivity index (χ3n) is 2.92. The summed E-state index contributed by atoms with van der Waals surface area (Å²) in [4.78, 5) is 4.32. The van der Waals surface area contributed by atoms with Gasteiger partial charge in [-0.25, -0.2) is 4.98 Å². The average molecular weight is 219 g/mol. The number of aryl methyl sites for hydroxylation is 2. The monoisotopic (exact) mass is 219 g/mol. The van der Waals surface area contributed by atoms with Crippen molar-refractivity contribution in [1.82, 2.24) is 9.55 Å². The van der Waals surface area contributed by atoms with Crippen molar-refractivity contribution in [3.05, 3.63) is 29.6 Å². The maximum absolute atomic E-state index is 9.54. The van der Waals surface area contributed by atoms with Crippen LogP contribution in [0.15, 0.2) is 18.5 Å². The molecule has 1 unspecified atom stereocenters. The smallest absolute Gasteiger partial charge is 0.0959 e. The minimum absolute atomic E-state index is 0.268. The normalized spacial score (nSPS) is 13.2. The Morgan fingerprint density at radius 2 is 2.06 bits per heavy atom. The van der Waals surface area contributed by atoms with E-state index in [0.717, 1.165) is 11.0 Å². The summed E-state index contributed by atoms with van der Waals surface area (Å²) in [6.45, 7) is 4.91. The molecule has 4 nitrogen and oxygen atoms in total. The van der Waals surface area contributed by atoms with Crippen molar-refractivity contribution in [2.75, 3.05) is 6.54 Å². The molecule has 1 atom stereocenters. The molecule has 0 saturated carbocycles. The minimum atomic E-state index is -0.515. The maximum atomic E-state index is 9.54. The second kappa shape index (κ2) is 4.23. The van der Waals surface area contributed by atoms with Crippen LogP contribution in [-0.4, -0.2) is 27.3 Å². The lowest BCUT2D eigenvalue weighted by atomic mass is 10.1. The van der Waals surface area contributed by atoms with Crippen LogP contribution >= 0.6 is 0 Å². The molecule has 1 heterocycles. The van der Waals surface area contributed by atoms with E-state index in [-0.39, 0.29) is 6.54 Å². The highest BCUT2D eigenvalue weighted by Gasteiger charge is 2.08. The molecule has 3 N–H and O–H groups in total. The fourth-order valence-electron chi connectivity index (χ4n) is 1.76. The van der Waals surface area contributed by atoms with Gasteiger partial charge in [0.15, 0.2) is 0 Å². The minimum Gasteiger partial charge on any atom is -0.390 e. The predicted octanol–water partition coefficient (Wildman–Crippen LogP) is 0.973. The number of nitrogens with two attached hydrogens (primary N) is 1. The summed E-state index contributed by atoms with van der Waals surface area (Å²) in [5.41, 5.74) is 9.89. The van der Waals surface area contributed by atoms with Gasteiger partial charge in [0.2, 0.25) is 0 Å². The molecule has 4 heteroatoms. The highest BCUT2D eigenvalue weighted by atomic mass is 16.3. The van der Waals surface area contributed by atoms with Gasteiger partial charge in [0, 0.05) is 6.54 Å². The van der Waals surface area contributed by atoms with E-state index in [1.54, 1.807) is 6.33 Å². The van der Waals surface area contributed by atoms with E-state index in [0.29, 0.717) is 6.54 Å². The molecule has 0 aliphatic carbocycles. The number of hydrogen-bond acceptors (Lipinski definition) is 3. The van der Waals surface area contributed by atoms with Crippen LogP contribution in [0.2, 0.25) is 0 Å². The van der Waals surface area contributed by atoms with Gasteiger partial charge in [-0.05, 0) is 37.1 Å². The van der Waals surface area contributed by atoms with Crippen molar-refractivity contribution in [3.8, 4) is 0 Å². The van der Waals surface area contributed by atoms with Crippen LogP contribution in [0.1, 0.15) is 11.1 Å². The van der Waals surface area contributed by atoms with Gasteiger partial charge in [0.05, 0.1) is 30.0 Å². The highest BCUT2D eigenvalue weighted by molar-refractivity contribution is 5.77. The highest BCUT2D eigenvalue weighted by Crippen LogP contribution is 2.18. The van der Waals surface area contributed by atoms with Crippen LogP contribution in [-0.2, 0) is 6.54 Å². The van der Waals surface area contributed by atoms with Crippen molar-refractivity contribution in [2.24, 2.45) is 5.73 Å². The molecule has 2 rings (SSSR count). The summed E-state index contributed by atoms with van der Waals surface area (Å²) in [6, 6.07) is 4.16. The predicted molar refractivity (Wildman–Crippen MR) is 64.3 cm³/mol. The molecule has 16 heavy (non-hydrogen) atoms. The summed E-state index contributed by atoms with van der Waals surface area (Å²) >= 11 is 0. The summed E-state index contributed by atoms with van der Waals surface area (Å²) < 4.78 is 1.94. The molecule has 0 bridgehead atoms. The first kappa shape index (κ1) is 11.1. The van der Waals surface area contributed by atoms with Crippen LogP contribution in [0.5, 0.6) is 0 Å². The van der Waals surface area contributed by atoms with Crippen LogP contribution in [0.25, 0.3) is 11.0 Å². The molecule has 0 aliphatic heterocycles. The molecule has 0 spiro atoms. The Morgan fingerprint density at radius 1 is 1.38 bits per heavy atom. The average Bonchev–Trinajstić information content (AvgIpc) is 2.62. The Bertz CT molecular complexity index is 504. The molecule has 0 saturated heterocycles. The Balaban J connectivity index is 2.44. The van der Waals surface area contributed by atoms with Gasteiger partial charge >= 0.3 is 0 Å². The van der Waals surface area contributed by atoms with Gasteiger partial charge < -0.3 is 15.4 Å². The summed E-state index contributed by atoms with van der Waals surface area (Å²) in [6.07, 6.45) is 1.24. The lowest BCUT2D eigenvalue weighted by Gasteiger charge is -2.10. The zero-order valence-corrected chi connectivity index (χ0v) is 9.64. The third kappa shape index (κ3) is 1.94. The van der Waals surface area contributed by atoms with E-state index in [2.05, 4.69) is 31.0 Å². The van der Waals surface area contributed by atoms with Crippen molar-refractivity contribution in [1.29, 1.82) is 0 Å². The number of aromatic nitrogens is 2. The summed E-state index contributed by atoms with van der Waals surface area (Å²) in [5, 5.41) is 9.54. The van der Waals surface area contributed by atoms with Crippen molar-refractivity contribution in [3.63, 3.8) is 0 Å². The zero-order chi connectivity index (χ0) is 11.7. The van der Waals surface area contributed by atoms with Crippen LogP contribution < -0.4 is 5.73 Å². The number of imidazole rings is 1. The topological polar surface area (TPSA) is 64.1 Å². The standard InChI is InChI=1S/C12H17N3O/c1-8-3-11-12(4-9(8)2)15(7-14-11)6-10(16)5-13/h3-4,7,10,16H,5-6,13H2,1-2H3. The first-order valence-corrected chi connectivity index (χ1v) is 5.42. The number of rotatable bonds is 3. The number of fused-ring (bicyclic) bond motifs is 1. The van der Waals surface area contributed by atoms with Crippen LogP contribution in [0.4, 0.5) is 0 Å². The first-order valence-electron chi connectivity index (χ1n) is 5.42. The second-order valence-corrected chi connectivity index (χ2v) is 4.21. The van der Waals surface area contributed by atoms with E-state index in [4.69, 9.17) is 5.73 Å². The number of hydrogen-bond donors (Lipinski definition) is 2. The summed E-state index contributed by atoms with van der Waals surface area (Å²) in [5.74, 6) is 0. The van der Waals surface area contributed by atoms with Crippen LogP contribution in [0.3, 0.4) is 0 Å². The molecule has 0 fully saturated rings. The van der Waals surface area contributed by atoms with Gasteiger partial charge in [-0.15, -0.1) is 0 Å². The van der Waals surface area contributed by atoms with E-state index < -0.39 is 6.10 Å². The second-order valence-electron chi connectivity index (χ2n) is 4.21. The largest absolute Gasteiger partial charge is 0.390 e. The molecule has 0 aliphatic rings. The van der Waals surface area contributed by atoms with E-state index in [1.807, 2.05) is 4.57 Å². The number of aliphatic hydroxyl groups is 1. The van der Waals surface area contributed by atoms with Crippen LogP contribution in [0, 0.1) is 13.8 Å². The molecule has 86 valence electrons. The van der Waals surface area contributed by atoms with Gasteiger partial charge in [-0.3, -0.25) is 0 Å². The Hall–Kier alpha value is -1.39. The molecular weight excluding hydrogens is 202 g/mol. The van der Waals surface area contributed by atoms with E-state index in [9.17, 15) is 5.11 Å². The SMILES string of the molecule is Cc1cc2ncn(CC(O)CN)c2cc1C. The molecule has 0 radical (unpaired) electrons. The maximum Gasteiger partial charge on any atom is 0.0959 e. The summed E-state index contributed by atoms with van der Waals surface area (Å²) in [7, 11) is 0. The Morgan fingerprint density at radius 3 is 2.75 bits per heavy atom. The Labute approximate surface area is 94.7 Å². The van der Waals surface area contributed by atoms with Gasteiger partial charge in [-0.1, -0.05) is 0 Å². The van der Waals surface area contributed by atoms with E-state index in [1.165, 1.54) is 11.1 Å². The first-order chi connectivity index (χ1) is 7.61. The number of aliphatic hydroxyl groups excluding tert-OH is 1. The Kier molecular flexibility index (Phi) is 2.94. The van der Waals surface area contributed by atoms with Gasteiger partial charge in [0.1, 0.15) is 0 Å². The molecule has 1 aromatic heterocycles. The number of nitrogens with zero attached hydrogens (tertiary/aromatic N) is 2. The fraction of sp³-hybridized carbons (Fsp3) is 0.417. The third-order valence-corrected chi connectivity index (χ3v) is 2.92. The molecule has 2 aromatic rings. The van der Waals surface area contributed by atoms with Crippen molar-refractivity contribution < 1.29 is 5.11 Å².